The molecule has 0 bridgehead atoms. The lowest BCUT2D eigenvalue weighted by molar-refractivity contribution is -0.593. The second-order valence-corrected chi connectivity index (χ2v) is 2.93. The van der Waals surface area contributed by atoms with Crippen molar-refractivity contribution in [2.75, 3.05) is 0 Å². The molecule has 0 radical (unpaired) electrons. The summed E-state index contributed by atoms with van der Waals surface area (Å²) in [6.07, 6.45) is 4.61. The van der Waals surface area contributed by atoms with Gasteiger partial charge in [-0.1, -0.05) is 0 Å². The molecule has 3 nitrogen and oxygen atoms in total. The third kappa shape index (κ3) is 1.40. The van der Waals surface area contributed by atoms with Gasteiger partial charge in [0.1, 0.15) is 6.26 Å². The summed E-state index contributed by atoms with van der Waals surface area (Å²) in [5.74, 6) is 0. The van der Waals surface area contributed by atoms with E-state index in [0.29, 0.717) is 5.69 Å². The van der Waals surface area contributed by atoms with Crippen LogP contribution in [0.3, 0.4) is 0 Å². The molecule has 0 aliphatic carbocycles. The van der Waals surface area contributed by atoms with E-state index in [-0.39, 0.29) is 0 Å². The monoisotopic (exact) mass is 175 g/mol. The van der Waals surface area contributed by atoms with Crippen LogP contribution < -0.4 is 4.73 Å². The fourth-order valence-electron chi connectivity index (χ4n) is 1.21. The number of rotatable bonds is 1. The van der Waals surface area contributed by atoms with Crippen molar-refractivity contribution >= 4 is 0 Å². The first-order valence-electron chi connectivity index (χ1n) is 4.00. The van der Waals surface area contributed by atoms with E-state index in [1.807, 2.05) is 13.0 Å². The van der Waals surface area contributed by atoms with Gasteiger partial charge in [0.2, 0.25) is 5.69 Å². The molecule has 0 unspecified atom stereocenters. The van der Waals surface area contributed by atoms with Gasteiger partial charge in [0.15, 0.2) is 6.20 Å². The summed E-state index contributed by atoms with van der Waals surface area (Å²) in [6.45, 7) is 1.95. The predicted octanol–water partition coefficient (Wildman–Crippen LogP) is 1.89. The highest BCUT2D eigenvalue weighted by atomic mass is 16.5. The molecule has 0 aliphatic rings. The van der Waals surface area contributed by atoms with E-state index in [1.165, 1.54) is 6.20 Å². The van der Waals surface area contributed by atoms with Gasteiger partial charge >= 0.3 is 0 Å². The second kappa shape index (κ2) is 2.94. The van der Waals surface area contributed by atoms with Crippen LogP contribution >= 0.6 is 0 Å². The smallest absolute Gasteiger partial charge is 0.227 e. The highest BCUT2D eigenvalue weighted by Gasteiger charge is 2.08. The van der Waals surface area contributed by atoms with Crippen LogP contribution in [0.5, 0.6) is 0 Å². The summed E-state index contributed by atoms with van der Waals surface area (Å²) in [4.78, 5) is 0. The Morgan fingerprint density at radius 1 is 1.38 bits per heavy atom. The molecule has 3 heteroatoms. The number of hydrogen-bond donors (Lipinski definition) is 0. The van der Waals surface area contributed by atoms with Gasteiger partial charge in [-0.25, -0.2) is 0 Å². The van der Waals surface area contributed by atoms with Gasteiger partial charge in [0, 0.05) is 12.1 Å². The van der Waals surface area contributed by atoms with Crippen molar-refractivity contribution in [3.05, 3.63) is 47.7 Å². The lowest BCUT2D eigenvalue weighted by atomic mass is 10.2. The first kappa shape index (κ1) is 7.86. The number of furan rings is 1. The number of nitrogens with zero attached hydrogens (tertiary/aromatic N) is 1. The maximum atomic E-state index is 11.3. The minimum Gasteiger partial charge on any atom is -0.618 e. The van der Waals surface area contributed by atoms with E-state index >= 15 is 0 Å². The SMILES string of the molecule is Cc1cc[n+]([O-])c(-c2ccoc2)c1. The third-order valence-electron chi connectivity index (χ3n) is 1.89. The zero-order valence-corrected chi connectivity index (χ0v) is 7.23. The van der Waals surface area contributed by atoms with Gasteiger partial charge in [-0.2, -0.15) is 4.73 Å². The van der Waals surface area contributed by atoms with Crippen LogP contribution in [0.15, 0.2) is 41.3 Å². The van der Waals surface area contributed by atoms with Crippen LogP contribution in [0.4, 0.5) is 0 Å². The lowest BCUT2D eigenvalue weighted by Gasteiger charge is -2.01. The summed E-state index contributed by atoms with van der Waals surface area (Å²) < 4.78 is 5.74. The molecule has 0 amide bonds. The van der Waals surface area contributed by atoms with Crippen molar-refractivity contribution in [2.24, 2.45) is 0 Å². The summed E-state index contributed by atoms with van der Waals surface area (Å²) in [6, 6.07) is 5.37. The number of hydrogen-bond acceptors (Lipinski definition) is 2. The zero-order chi connectivity index (χ0) is 9.26. The summed E-state index contributed by atoms with van der Waals surface area (Å²) in [5, 5.41) is 11.3. The summed E-state index contributed by atoms with van der Waals surface area (Å²) >= 11 is 0. The molecule has 0 spiro atoms. The maximum absolute atomic E-state index is 11.3. The molecular weight excluding hydrogens is 166 g/mol. The van der Waals surface area contributed by atoms with Crippen molar-refractivity contribution in [1.82, 2.24) is 0 Å². The van der Waals surface area contributed by atoms with Crippen LogP contribution in [0.25, 0.3) is 11.3 Å². The highest BCUT2D eigenvalue weighted by Crippen LogP contribution is 2.15. The van der Waals surface area contributed by atoms with Crippen molar-refractivity contribution in [1.29, 1.82) is 0 Å². The lowest BCUT2D eigenvalue weighted by Crippen LogP contribution is -2.28. The van der Waals surface area contributed by atoms with E-state index in [2.05, 4.69) is 0 Å². The van der Waals surface area contributed by atoms with Gasteiger partial charge < -0.3 is 9.62 Å². The fourth-order valence-corrected chi connectivity index (χ4v) is 1.21. The van der Waals surface area contributed by atoms with E-state index in [1.54, 1.807) is 24.7 Å². The van der Waals surface area contributed by atoms with Gasteiger partial charge in [0.05, 0.1) is 11.8 Å². The molecule has 0 N–H and O–H groups in total. The molecule has 13 heavy (non-hydrogen) atoms. The molecule has 2 rings (SSSR count). The second-order valence-electron chi connectivity index (χ2n) is 2.93. The molecule has 0 saturated carbocycles. The Morgan fingerprint density at radius 3 is 2.92 bits per heavy atom. The fraction of sp³-hybridized carbons (Fsp3) is 0.100. The Hall–Kier alpha value is -1.77. The molecule has 2 aromatic heterocycles. The highest BCUT2D eigenvalue weighted by molar-refractivity contribution is 5.54. The minimum absolute atomic E-state index is 0.619. The Labute approximate surface area is 75.8 Å². The van der Waals surface area contributed by atoms with Crippen molar-refractivity contribution in [3.8, 4) is 11.3 Å². The van der Waals surface area contributed by atoms with E-state index in [0.717, 1.165) is 15.9 Å². The van der Waals surface area contributed by atoms with Crippen LogP contribution in [-0.4, -0.2) is 0 Å². The molecule has 2 heterocycles. The Kier molecular flexibility index (Phi) is 1.77. The molecule has 0 atom stereocenters. The van der Waals surface area contributed by atoms with Gasteiger partial charge in [-0.15, -0.1) is 0 Å². The van der Waals surface area contributed by atoms with Crippen molar-refractivity contribution in [3.63, 3.8) is 0 Å². The van der Waals surface area contributed by atoms with Crippen LogP contribution in [-0.2, 0) is 0 Å². The first-order chi connectivity index (χ1) is 6.27. The van der Waals surface area contributed by atoms with Crippen LogP contribution in [0.1, 0.15) is 5.56 Å². The van der Waals surface area contributed by atoms with E-state index in [9.17, 15) is 5.21 Å². The predicted molar refractivity (Wildman–Crippen MR) is 47.8 cm³/mol. The number of aryl methyl sites for hydroxylation is 1. The standard InChI is InChI=1S/C10H9NO2/c1-8-2-4-11(12)10(6-8)9-3-5-13-7-9/h2-7H,1H3. The molecule has 0 saturated heterocycles. The maximum Gasteiger partial charge on any atom is 0.227 e. The number of pyridine rings is 1. The molecule has 66 valence electrons. The summed E-state index contributed by atoms with van der Waals surface area (Å²) in [5.41, 5.74) is 2.48. The quantitative estimate of drug-likeness (QED) is 0.490. The third-order valence-corrected chi connectivity index (χ3v) is 1.89. The topological polar surface area (TPSA) is 40.1 Å². The molecular formula is C10H9NO2. The Balaban J connectivity index is 2.57. The van der Waals surface area contributed by atoms with E-state index < -0.39 is 0 Å². The molecule has 0 aromatic carbocycles. The molecule has 2 aromatic rings. The average molecular weight is 175 g/mol. The van der Waals surface area contributed by atoms with Gasteiger partial charge in [-0.3, -0.25) is 0 Å². The average Bonchev–Trinajstić information content (AvgIpc) is 2.61. The van der Waals surface area contributed by atoms with Crippen molar-refractivity contribution < 1.29 is 9.15 Å². The van der Waals surface area contributed by atoms with E-state index in [4.69, 9.17) is 4.42 Å². The van der Waals surface area contributed by atoms with Gasteiger partial charge in [0.25, 0.3) is 0 Å². The zero-order valence-electron chi connectivity index (χ0n) is 7.23. The Bertz CT molecular complexity index is 407. The van der Waals surface area contributed by atoms with Gasteiger partial charge in [-0.05, 0) is 18.6 Å². The number of aromatic nitrogens is 1. The van der Waals surface area contributed by atoms with Crippen LogP contribution in [0.2, 0.25) is 0 Å². The van der Waals surface area contributed by atoms with Crippen LogP contribution in [0, 0.1) is 12.1 Å². The minimum atomic E-state index is 0.619. The Morgan fingerprint density at radius 2 is 2.23 bits per heavy atom. The summed E-state index contributed by atoms with van der Waals surface area (Å²) in [7, 11) is 0. The van der Waals surface area contributed by atoms with Crippen molar-refractivity contribution in [2.45, 2.75) is 6.92 Å². The molecule has 0 aliphatic heterocycles. The normalized spacial score (nSPS) is 10.2. The molecule has 0 fully saturated rings. The largest absolute Gasteiger partial charge is 0.618 e. The first-order valence-corrected chi connectivity index (χ1v) is 4.00.